The van der Waals surface area contributed by atoms with Gasteiger partial charge in [0.2, 0.25) is 0 Å². The number of aliphatic carboxylic acids is 1. The zero-order chi connectivity index (χ0) is 12.1. The largest absolute Gasteiger partial charge is 0.508 e. The van der Waals surface area contributed by atoms with Crippen LogP contribution in [0.5, 0.6) is 5.75 Å². The number of benzene rings is 1. The summed E-state index contributed by atoms with van der Waals surface area (Å²) in [5.74, 6) is -3.21. The standard InChI is InChI=1S/C6H5FO.C2HF3O2/c7-5-2-1-3-6(8)4-5;3-2(4,5)1(6)7/h1-4,8H;(H,6,7). The maximum absolute atomic E-state index is 12.0. The van der Waals surface area contributed by atoms with Gasteiger partial charge in [-0.3, -0.25) is 0 Å². The van der Waals surface area contributed by atoms with Gasteiger partial charge in [-0.25, -0.2) is 9.18 Å². The lowest BCUT2D eigenvalue weighted by Gasteiger charge is -1.93. The van der Waals surface area contributed by atoms with Crippen molar-refractivity contribution in [1.29, 1.82) is 0 Å². The Hall–Kier alpha value is -1.79. The highest BCUT2D eigenvalue weighted by molar-refractivity contribution is 5.73. The Labute approximate surface area is 81.6 Å². The Kier molecular flexibility index (Phi) is 4.56. The van der Waals surface area contributed by atoms with Crippen molar-refractivity contribution in [2.45, 2.75) is 6.18 Å². The number of hydrogen-bond donors (Lipinski definition) is 2. The summed E-state index contributed by atoms with van der Waals surface area (Å²) in [6, 6.07) is 5.20. The van der Waals surface area contributed by atoms with Crippen molar-refractivity contribution in [3.8, 4) is 5.75 Å². The Balaban J connectivity index is 0.000000265. The first-order valence-corrected chi connectivity index (χ1v) is 3.48. The molecule has 2 N–H and O–H groups in total. The van der Waals surface area contributed by atoms with E-state index in [0.717, 1.165) is 6.07 Å². The number of aromatic hydroxyl groups is 1. The molecule has 0 unspecified atom stereocenters. The van der Waals surface area contributed by atoms with Crippen LogP contribution in [0.1, 0.15) is 0 Å². The van der Waals surface area contributed by atoms with E-state index in [-0.39, 0.29) is 5.75 Å². The Bertz CT molecular complexity index is 318. The van der Waals surface area contributed by atoms with Gasteiger partial charge in [0.1, 0.15) is 11.6 Å². The van der Waals surface area contributed by atoms with Gasteiger partial charge in [-0.15, -0.1) is 0 Å². The molecule has 3 nitrogen and oxygen atoms in total. The predicted molar refractivity (Wildman–Crippen MR) is 41.8 cm³/mol. The van der Waals surface area contributed by atoms with E-state index in [0.29, 0.717) is 0 Å². The summed E-state index contributed by atoms with van der Waals surface area (Å²) >= 11 is 0. The van der Waals surface area contributed by atoms with Crippen molar-refractivity contribution in [1.82, 2.24) is 0 Å². The molecule has 0 radical (unpaired) electrons. The predicted octanol–water partition coefficient (Wildman–Crippen LogP) is 2.16. The summed E-state index contributed by atoms with van der Waals surface area (Å²) in [4.78, 5) is 8.90. The van der Waals surface area contributed by atoms with Gasteiger partial charge in [-0.1, -0.05) is 6.07 Å². The molecule has 1 rings (SSSR count). The third-order valence-electron chi connectivity index (χ3n) is 1.05. The molecule has 0 aliphatic heterocycles. The van der Waals surface area contributed by atoms with Gasteiger partial charge < -0.3 is 10.2 Å². The molecule has 0 atom stereocenters. The molecule has 0 bridgehead atoms. The van der Waals surface area contributed by atoms with E-state index in [1.807, 2.05) is 0 Å². The zero-order valence-corrected chi connectivity index (χ0v) is 7.12. The second-order valence-corrected chi connectivity index (χ2v) is 2.28. The minimum atomic E-state index is -5.08. The van der Waals surface area contributed by atoms with Gasteiger partial charge in [0, 0.05) is 6.07 Å². The Morgan fingerprint density at radius 1 is 1.27 bits per heavy atom. The molecule has 0 aliphatic carbocycles. The molecule has 0 spiro atoms. The van der Waals surface area contributed by atoms with E-state index in [1.165, 1.54) is 18.2 Å². The number of alkyl halides is 3. The fourth-order valence-electron chi connectivity index (χ4n) is 0.476. The molecule has 1 aromatic carbocycles. The van der Waals surface area contributed by atoms with Gasteiger partial charge >= 0.3 is 12.1 Å². The highest BCUT2D eigenvalue weighted by atomic mass is 19.4. The molecule has 15 heavy (non-hydrogen) atoms. The van der Waals surface area contributed by atoms with Crippen LogP contribution in [0.4, 0.5) is 17.6 Å². The fraction of sp³-hybridized carbons (Fsp3) is 0.125. The molecule has 0 fully saturated rings. The number of hydrogen-bond acceptors (Lipinski definition) is 2. The SMILES string of the molecule is O=C(O)C(F)(F)F.Oc1cccc(F)c1. The molecular formula is C8H6F4O3. The zero-order valence-electron chi connectivity index (χ0n) is 7.12. The third-order valence-corrected chi connectivity index (χ3v) is 1.05. The van der Waals surface area contributed by atoms with E-state index >= 15 is 0 Å². The molecule has 0 saturated carbocycles. The van der Waals surface area contributed by atoms with Crippen LogP contribution in [0.15, 0.2) is 24.3 Å². The van der Waals surface area contributed by atoms with E-state index in [9.17, 15) is 17.6 Å². The summed E-state index contributed by atoms with van der Waals surface area (Å²) in [6.45, 7) is 0. The minimum Gasteiger partial charge on any atom is -0.508 e. The summed E-state index contributed by atoms with van der Waals surface area (Å²) in [7, 11) is 0. The molecule has 84 valence electrons. The average molecular weight is 226 g/mol. The van der Waals surface area contributed by atoms with E-state index in [4.69, 9.17) is 15.0 Å². The summed E-state index contributed by atoms with van der Waals surface area (Å²) in [5.41, 5.74) is 0. The number of phenolic OH excluding ortho intramolecular Hbond substituents is 1. The lowest BCUT2D eigenvalue weighted by molar-refractivity contribution is -0.192. The van der Waals surface area contributed by atoms with Crippen molar-refractivity contribution in [3.63, 3.8) is 0 Å². The van der Waals surface area contributed by atoms with E-state index in [2.05, 4.69) is 0 Å². The number of carboxylic acid groups (broad SMARTS) is 1. The number of rotatable bonds is 0. The Morgan fingerprint density at radius 2 is 1.73 bits per heavy atom. The summed E-state index contributed by atoms with van der Waals surface area (Å²) in [6.07, 6.45) is -5.08. The van der Waals surface area contributed by atoms with Crippen LogP contribution in [-0.2, 0) is 4.79 Å². The quantitative estimate of drug-likeness (QED) is 0.666. The van der Waals surface area contributed by atoms with Crippen molar-refractivity contribution in [2.75, 3.05) is 0 Å². The maximum atomic E-state index is 12.0. The van der Waals surface area contributed by atoms with E-state index < -0.39 is 18.0 Å². The minimum absolute atomic E-state index is 0.0370. The second-order valence-electron chi connectivity index (χ2n) is 2.28. The van der Waals surface area contributed by atoms with Gasteiger partial charge in [0.05, 0.1) is 0 Å². The first-order chi connectivity index (χ1) is 6.73. The topological polar surface area (TPSA) is 57.5 Å². The highest BCUT2D eigenvalue weighted by Gasteiger charge is 2.38. The average Bonchev–Trinajstić information content (AvgIpc) is 2.02. The van der Waals surface area contributed by atoms with Crippen LogP contribution < -0.4 is 0 Å². The van der Waals surface area contributed by atoms with Crippen LogP contribution in [0.25, 0.3) is 0 Å². The van der Waals surface area contributed by atoms with Crippen LogP contribution in [-0.4, -0.2) is 22.4 Å². The second kappa shape index (κ2) is 5.18. The van der Waals surface area contributed by atoms with Crippen LogP contribution in [0, 0.1) is 5.82 Å². The molecule has 0 aliphatic rings. The van der Waals surface area contributed by atoms with Crippen molar-refractivity contribution in [2.24, 2.45) is 0 Å². The highest BCUT2D eigenvalue weighted by Crippen LogP contribution is 2.13. The number of halogens is 4. The van der Waals surface area contributed by atoms with Crippen LogP contribution >= 0.6 is 0 Å². The number of carbonyl (C=O) groups is 1. The Morgan fingerprint density at radius 3 is 1.93 bits per heavy atom. The first-order valence-electron chi connectivity index (χ1n) is 3.48. The van der Waals surface area contributed by atoms with Gasteiger partial charge in [-0.2, -0.15) is 13.2 Å². The number of carboxylic acids is 1. The number of phenols is 1. The first kappa shape index (κ1) is 13.2. The smallest absolute Gasteiger partial charge is 0.490 e. The molecule has 0 saturated heterocycles. The normalized spacial score (nSPS) is 10.1. The molecule has 0 heterocycles. The fourth-order valence-corrected chi connectivity index (χ4v) is 0.476. The lowest BCUT2D eigenvalue weighted by atomic mass is 10.3. The van der Waals surface area contributed by atoms with Gasteiger partial charge in [0.25, 0.3) is 0 Å². The molecule has 7 heteroatoms. The van der Waals surface area contributed by atoms with Crippen molar-refractivity contribution >= 4 is 5.97 Å². The van der Waals surface area contributed by atoms with Gasteiger partial charge in [-0.05, 0) is 12.1 Å². The summed E-state index contributed by atoms with van der Waals surface area (Å²) in [5, 5.41) is 15.7. The monoisotopic (exact) mass is 226 g/mol. The van der Waals surface area contributed by atoms with Crippen LogP contribution in [0.3, 0.4) is 0 Å². The van der Waals surface area contributed by atoms with Crippen molar-refractivity contribution < 1.29 is 32.6 Å². The van der Waals surface area contributed by atoms with E-state index in [1.54, 1.807) is 0 Å². The third kappa shape index (κ3) is 6.30. The molecular weight excluding hydrogens is 220 g/mol. The van der Waals surface area contributed by atoms with Crippen molar-refractivity contribution in [3.05, 3.63) is 30.1 Å². The van der Waals surface area contributed by atoms with Gasteiger partial charge in [0.15, 0.2) is 0 Å². The lowest BCUT2D eigenvalue weighted by Crippen LogP contribution is -2.21. The maximum Gasteiger partial charge on any atom is 0.490 e. The van der Waals surface area contributed by atoms with Crippen LogP contribution in [0.2, 0.25) is 0 Å². The molecule has 0 amide bonds. The summed E-state index contributed by atoms with van der Waals surface area (Å²) < 4.78 is 43.7. The molecule has 0 aromatic heterocycles. The molecule has 1 aromatic rings.